The SMILES string of the molecule is O=C1NCC(c2cc([C@H]3C[C@@H]3c3ccc4cnc(CC(F)(F)F)n4c3)c3nccn3n2)C(=O)N1. The highest BCUT2D eigenvalue weighted by atomic mass is 19.4. The summed E-state index contributed by atoms with van der Waals surface area (Å²) in [5.41, 5.74) is 3.60. The Labute approximate surface area is 190 Å². The predicted molar refractivity (Wildman–Crippen MR) is 112 cm³/mol. The minimum Gasteiger partial charge on any atom is -0.337 e. The molecule has 4 aromatic heterocycles. The highest BCUT2D eigenvalue weighted by Crippen LogP contribution is 2.55. The van der Waals surface area contributed by atoms with Gasteiger partial charge in [0.25, 0.3) is 0 Å². The largest absolute Gasteiger partial charge is 0.396 e. The van der Waals surface area contributed by atoms with E-state index >= 15 is 0 Å². The van der Waals surface area contributed by atoms with Gasteiger partial charge in [-0.15, -0.1) is 0 Å². The van der Waals surface area contributed by atoms with E-state index in [0.717, 1.165) is 17.5 Å². The van der Waals surface area contributed by atoms with Crippen LogP contribution in [0.25, 0.3) is 11.2 Å². The maximum absolute atomic E-state index is 12.9. The third-order valence-electron chi connectivity index (χ3n) is 6.39. The van der Waals surface area contributed by atoms with Crippen LogP contribution < -0.4 is 10.6 Å². The molecule has 2 N–H and O–H groups in total. The molecule has 9 nitrogen and oxygen atoms in total. The molecular formula is C22H18F3N7O2. The maximum atomic E-state index is 12.9. The lowest BCUT2D eigenvalue weighted by molar-refractivity contribution is -0.128. The van der Waals surface area contributed by atoms with Gasteiger partial charge in [-0.2, -0.15) is 18.3 Å². The molecule has 0 radical (unpaired) electrons. The van der Waals surface area contributed by atoms with Crippen LogP contribution in [0.1, 0.15) is 46.8 Å². The molecule has 34 heavy (non-hydrogen) atoms. The summed E-state index contributed by atoms with van der Waals surface area (Å²) in [5.74, 6) is -0.945. The van der Waals surface area contributed by atoms with Crippen molar-refractivity contribution in [1.82, 2.24) is 34.6 Å². The minimum absolute atomic E-state index is 0.0475. The Bertz CT molecular complexity index is 1460. The summed E-state index contributed by atoms with van der Waals surface area (Å²) >= 11 is 0. The quantitative estimate of drug-likeness (QED) is 0.478. The number of hydrogen-bond donors (Lipinski definition) is 2. The van der Waals surface area contributed by atoms with Crippen LogP contribution in [0.2, 0.25) is 0 Å². The number of amides is 3. The number of fused-ring (bicyclic) bond motifs is 2. The third-order valence-corrected chi connectivity index (χ3v) is 6.39. The van der Waals surface area contributed by atoms with E-state index in [2.05, 4.69) is 25.7 Å². The Morgan fingerprint density at radius 3 is 2.79 bits per heavy atom. The molecular weight excluding hydrogens is 451 g/mol. The molecule has 5 heterocycles. The second kappa shape index (κ2) is 7.27. The fraction of sp³-hybridized carbons (Fsp3) is 0.318. The number of imide groups is 1. The number of aromatic nitrogens is 5. The second-order valence-electron chi connectivity index (χ2n) is 8.64. The van der Waals surface area contributed by atoms with Gasteiger partial charge >= 0.3 is 12.2 Å². The van der Waals surface area contributed by atoms with E-state index in [9.17, 15) is 22.8 Å². The van der Waals surface area contributed by atoms with E-state index in [1.165, 1.54) is 10.6 Å². The van der Waals surface area contributed by atoms with Crippen LogP contribution in [0.15, 0.2) is 43.0 Å². The van der Waals surface area contributed by atoms with Gasteiger partial charge in [0, 0.05) is 30.7 Å². The predicted octanol–water partition coefficient (Wildman–Crippen LogP) is 2.68. The van der Waals surface area contributed by atoms with E-state index < -0.39 is 30.5 Å². The van der Waals surface area contributed by atoms with E-state index in [0.29, 0.717) is 16.9 Å². The maximum Gasteiger partial charge on any atom is 0.396 e. The van der Waals surface area contributed by atoms with Gasteiger partial charge in [-0.3, -0.25) is 10.1 Å². The zero-order valence-electron chi connectivity index (χ0n) is 17.6. The van der Waals surface area contributed by atoms with Crippen LogP contribution >= 0.6 is 0 Å². The normalized spacial score (nSPS) is 22.7. The van der Waals surface area contributed by atoms with Gasteiger partial charge in [0.2, 0.25) is 5.91 Å². The smallest absolute Gasteiger partial charge is 0.337 e. The molecule has 12 heteroatoms. The van der Waals surface area contributed by atoms with Crippen molar-refractivity contribution in [2.45, 2.75) is 36.8 Å². The van der Waals surface area contributed by atoms with Crippen molar-refractivity contribution in [3.8, 4) is 0 Å². The van der Waals surface area contributed by atoms with Crippen LogP contribution in [-0.4, -0.2) is 48.6 Å². The van der Waals surface area contributed by atoms with Gasteiger partial charge in [-0.25, -0.2) is 19.3 Å². The zero-order valence-corrected chi connectivity index (χ0v) is 17.6. The van der Waals surface area contributed by atoms with Crippen LogP contribution in [-0.2, 0) is 11.2 Å². The summed E-state index contributed by atoms with van der Waals surface area (Å²) < 4.78 is 41.9. The number of nitrogens with zero attached hydrogens (tertiary/aromatic N) is 5. The first kappa shape index (κ1) is 20.6. The molecule has 1 saturated carbocycles. The first-order chi connectivity index (χ1) is 16.3. The molecule has 2 fully saturated rings. The van der Waals surface area contributed by atoms with Crippen molar-refractivity contribution < 1.29 is 22.8 Å². The molecule has 3 amide bonds. The molecule has 1 unspecified atom stereocenters. The lowest BCUT2D eigenvalue weighted by atomic mass is 9.99. The molecule has 1 aliphatic carbocycles. The minimum atomic E-state index is -4.34. The Balaban J connectivity index is 1.34. The second-order valence-corrected chi connectivity index (χ2v) is 8.64. The van der Waals surface area contributed by atoms with Gasteiger partial charge in [0.05, 0.1) is 23.3 Å². The number of pyridine rings is 1. The summed E-state index contributed by atoms with van der Waals surface area (Å²) in [6, 6.07) is 5.00. The van der Waals surface area contributed by atoms with Crippen molar-refractivity contribution in [3.05, 3.63) is 65.6 Å². The number of carbonyl (C=O) groups is 2. The summed E-state index contributed by atoms with van der Waals surface area (Å²) in [4.78, 5) is 32.2. The van der Waals surface area contributed by atoms with Crippen LogP contribution in [0, 0.1) is 0 Å². The van der Waals surface area contributed by atoms with Gasteiger partial charge in [0.1, 0.15) is 12.2 Å². The fourth-order valence-electron chi connectivity index (χ4n) is 4.67. The van der Waals surface area contributed by atoms with E-state index in [-0.39, 0.29) is 24.2 Å². The average molecular weight is 469 g/mol. The monoisotopic (exact) mass is 469 g/mol. The standard InChI is InChI=1S/C22H18F3N7O2/c23-22(24,25)7-18-27-8-12-2-1-11(10-31(12)18)13-5-14(13)15-6-17(30-32-4-3-26-19(15)32)16-9-28-21(34)29-20(16)33/h1-4,6,8,10,13-14,16H,5,7,9H2,(H2,28,29,33,34)/t13-,14+,16?/m1/s1. The average Bonchev–Trinajstić information content (AvgIpc) is 3.26. The Kier molecular flexibility index (Phi) is 4.41. The molecule has 2 aliphatic rings. The molecule has 3 atom stereocenters. The van der Waals surface area contributed by atoms with Gasteiger partial charge in [-0.1, -0.05) is 6.07 Å². The number of nitrogens with one attached hydrogen (secondary N) is 2. The summed E-state index contributed by atoms with van der Waals surface area (Å²) in [7, 11) is 0. The topological polar surface area (TPSA) is 106 Å². The first-order valence-corrected chi connectivity index (χ1v) is 10.7. The molecule has 174 valence electrons. The lowest BCUT2D eigenvalue weighted by Gasteiger charge is -2.22. The fourth-order valence-corrected chi connectivity index (χ4v) is 4.67. The van der Waals surface area contributed by atoms with Gasteiger partial charge < -0.3 is 9.72 Å². The lowest BCUT2D eigenvalue weighted by Crippen LogP contribution is -2.51. The summed E-state index contributed by atoms with van der Waals surface area (Å²) in [5, 5.41) is 9.38. The van der Waals surface area contributed by atoms with Crippen molar-refractivity contribution in [2.75, 3.05) is 6.54 Å². The molecule has 1 saturated heterocycles. The number of rotatable bonds is 4. The number of imidazole rings is 2. The van der Waals surface area contributed by atoms with E-state index in [1.807, 2.05) is 12.1 Å². The number of halogens is 3. The van der Waals surface area contributed by atoms with Crippen molar-refractivity contribution in [3.63, 3.8) is 0 Å². The van der Waals surface area contributed by atoms with Crippen molar-refractivity contribution in [2.24, 2.45) is 0 Å². The molecule has 0 bridgehead atoms. The van der Waals surface area contributed by atoms with Gasteiger partial charge in [0.15, 0.2) is 5.65 Å². The zero-order chi connectivity index (χ0) is 23.6. The van der Waals surface area contributed by atoms with Crippen molar-refractivity contribution >= 4 is 23.1 Å². The van der Waals surface area contributed by atoms with Crippen LogP contribution in [0.3, 0.4) is 0 Å². The van der Waals surface area contributed by atoms with Crippen LogP contribution in [0.5, 0.6) is 0 Å². The number of alkyl halides is 3. The molecule has 0 spiro atoms. The number of carbonyl (C=O) groups excluding carboxylic acids is 2. The molecule has 0 aromatic carbocycles. The van der Waals surface area contributed by atoms with Crippen LogP contribution in [0.4, 0.5) is 18.0 Å². The Morgan fingerprint density at radius 2 is 2.00 bits per heavy atom. The Hall–Kier alpha value is -3.96. The highest BCUT2D eigenvalue weighted by Gasteiger charge is 2.42. The number of hydrogen-bond acceptors (Lipinski definition) is 5. The van der Waals surface area contributed by atoms with Crippen molar-refractivity contribution in [1.29, 1.82) is 0 Å². The van der Waals surface area contributed by atoms with E-state index in [1.54, 1.807) is 29.2 Å². The third kappa shape index (κ3) is 3.55. The molecule has 1 aliphatic heterocycles. The molecule has 6 rings (SSSR count). The van der Waals surface area contributed by atoms with E-state index in [4.69, 9.17) is 0 Å². The van der Waals surface area contributed by atoms with Gasteiger partial charge in [-0.05, 0) is 36.0 Å². The Morgan fingerprint density at radius 1 is 1.15 bits per heavy atom. The summed E-state index contributed by atoms with van der Waals surface area (Å²) in [6.07, 6.45) is 1.83. The highest BCUT2D eigenvalue weighted by molar-refractivity contribution is 6.00. The summed E-state index contributed by atoms with van der Waals surface area (Å²) in [6.45, 7) is 0.144. The molecule has 4 aromatic rings. The number of urea groups is 1. The first-order valence-electron chi connectivity index (χ1n) is 10.7.